The summed E-state index contributed by atoms with van der Waals surface area (Å²) in [7, 11) is 0. The predicted molar refractivity (Wildman–Crippen MR) is 75.4 cm³/mol. The van der Waals surface area contributed by atoms with Gasteiger partial charge in [0.1, 0.15) is 11.3 Å². The third kappa shape index (κ3) is 2.65. The topological polar surface area (TPSA) is 58.8 Å². The predicted octanol–water partition coefficient (Wildman–Crippen LogP) is 2.55. The Morgan fingerprint density at radius 3 is 2.79 bits per heavy atom. The van der Waals surface area contributed by atoms with E-state index in [2.05, 4.69) is 15.5 Å². The SMILES string of the molecule is CCC(CC)=NNC(=O)c1c(C)nc2ccccn12. The van der Waals surface area contributed by atoms with Crippen molar-refractivity contribution in [2.24, 2.45) is 5.10 Å². The number of rotatable bonds is 4. The molecule has 0 aromatic carbocycles. The Hall–Kier alpha value is -2.17. The summed E-state index contributed by atoms with van der Waals surface area (Å²) in [4.78, 5) is 16.6. The van der Waals surface area contributed by atoms with E-state index in [1.165, 1.54) is 0 Å². The largest absolute Gasteiger partial charge is 0.295 e. The van der Waals surface area contributed by atoms with E-state index in [9.17, 15) is 4.79 Å². The molecule has 0 saturated heterocycles. The van der Waals surface area contributed by atoms with Crippen molar-refractivity contribution in [2.75, 3.05) is 0 Å². The lowest BCUT2D eigenvalue weighted by Gasteiger charge is -2.03. The summed E-state index contributed by atoms with van der Waals surface area (Å²) in [5.41, 5.74) is 5.58. The number of amides is 1. The molecule has 0 aliphatic rings. The van der Waals surface area contributed by atoms with E-state index in [0.717, 1.165) is 24.2 Å². The van der Waals surface area contributed by atoms with Crippen molar-refractivity contribution in [1.29, 1.82) is 0 Å². The third-order valence-electron chi connectivity index (χ3n) is 3.05. The van der Waals surface area contributed by atoms with Crippen LogP contribution in [0.1, 0.15) is 42.9 Å². The van der Waals surface area contributed by atoms with Gasteiger partial charge in [0, 0.05) is 11.9 Å². The van der Waals surface area contributed by atoms with Crippen LogP contribution in [0.2, 0.25) is 0 Å². The monoisotopic (exact) mass is 258 g/mol. The van der Waals surface area contributed by atoms with Crippen LogP contribution in [0.3, 0.4) is 0 Å². The van der Waals surface area contributed by atoms with Gasteiger partial charge in [0.15, 0.2) is 0 Å². The fourth-order valence-corrected chi connectivity index (χ4v) is 1.98. The van der Waals surface area contributed by atoms with Crippen molar-refractivity contribution in [2.45, 2.75) is 33.6 Å². The second kappa shape index (κ2) is 5.65. The lowest BCUT2D eigenvalue weighted by Crippen LogP contribution is -2.22. The van der Waals surface area contributed by atoms with Crippen LogP contribution in [0.15, 0.2) is 29.5 Å². The van der Waals surface area contributed by atoms with Crippen molar-refractivity contribution >= 4 is 17.3 Å². The highest BCUT2D eigenvalue weighted by Gasteiger charge is 2.15. The van der Waals surface area contributed by atoms with Gasteiger partial charge in [-0.25, -0.2) is 10.4 Å². The summed E-state index contributed by atoms with van der Waals surface area (Å²) in [5, 5.41) is 4.14. The number of carbonyl (C=O) groups excluding carboxylic acids is 1. The second-order valence-corrected chi connectivity index (χ2v) is 4.30. The Morgan fingerprint density at radius 1 is 1.37 bits per heavy atom. The minimum Gasteiger partial charge on any atom is -0.295 e. The van der Waals surface area contributed by atoms with Gasteiger partial charge in [-0.2, -0.15) is 5.10 Å². The van der Waals surface area contributed by atoms with Crippen molar-refractivity contribution in [1.82, 2.24) is 14.8 Å². The van der Waals surface area contributed by atoms with Crippen LogP contribution < -0.4 is 5.43 Å². The summed E-state index contributed by atoms with van der Waals surface area (Å²) in [6, 6.07) is 5.64. The number of hydrazone groups is 1. The molecule has 1 N–H and O–H groups in total. The zero-order valence-corrected chi connectivity index (χ0v) is 11.5. The molecule has 1 amide bonds. The normalized spacial score (nSPS) is 10.5. The number of hydrogen-bond acceptors (Lipinski definition) is 3. The third-order valence-corrected chi connectivity index (χ3v) is 3.05. The summed E-state index contributed by atoms with van der Waals surface area (Å²) < 4.78 is 1.78. The molecule has 0 radical (unpaired) electrons. The van der Waals surface area contributed by atoms with Gasteiger partial charge in [0.25, 0.3) is 5.91 Å². The molecule has 0 atom stereocenters. The minimum atomic E-state index is -0.226. The highest BCUT2D eigenvalue weighted by Crippen LogP contribution is 2.11. The first kappa shape index (κ1) is 13.3. The molecule has 0 saturated carbocycles. The Kier molecular flexibility index (Phi) is 3.94. The first-order valence-corrected chi connectivity index (χ1v) is 6.46. The van der Waals surface area contributed by atoms with Gasteiger partial charge < -0.3 is 0 Å². The van der Waals surface area contributed by atoms with E-state index in [1.807, 2.05) is 45.2 Å². The Balaban J connectivity index is 2.31. The molecular formula is C14H18N4O. The number of imidazole rings is 1. The Morgan fingerprint density at radius 2 is 2.11 bits per heavy atom. The van der Waals surface area contributed by atoms with Gasteiger partial charge in [-0.05, 0) is 31.9 Å². The fraction of sp³-hybridized carbons (Fsp3) is 0.357. The van der Waals surface area contributed by atoms with Crippen LogP contribution in [0.25, 0.3) is 5.65 Å². The summed E-state index contributed by atoms with van der Waals surface area (Å²) in [6.07, 6.45) is 3.50. The van der Waals surface area contributed by atoms with E-state index in [4.69, 9.17) is 0 Å². The second-order valence-electron chi connectivity index (χ2n) is 4.30. The number of hydrogen-bond donors (Lipinski definition) is 1. The lowest BCUT2D eigenvalue weighted by atomic mass is 10.2. The number of fused-ring (bicyclic) bond motifs is 1. The van der Waals surface area contributed by atoms with Crippen LogP contribution in [-0.2, 0) is 0 Å². The standard InChI is InChI=1S/C14H18N4O/c1-4-11(5-2)16-17-14(19)13-10(3)15-12-8-6-7-9-18(12)13/h6-9H,4-5H2,1-3H3,(H,17,19). The van der Waals surface area contributed by atoms with Gasteiger partial charge in [0.05, 0.1) is 5.69 Å². The highest BCUT2D eigenvalue weighted by molar-refractivity contribution is 5.95. The molecule has 2 rings (SSSR count). The van der Waals surface area contributed by atoms with E-state index >= 15 is 0 Å². The average Bonchev–Trinajstić information content (AvgIpc) is 2.75. The summed E-state index contributed by atoms with van der Waals surface area (Å²) in [5.74, 6) is -0.226. The van der Waals surface area contributed by atoms with Gasteiger partial charge >= 0.3 is 0 Å². The quantitative estimate of drug-likeness (QED) is 0.676. The Labute approximate surface area is 112 Å². The lowest BCUT2D eigenvalue weighted by molar-refractivity contribution is 0.0948. The molecule has 100 valence electrons. The van der Waals surface area contributed by atoms with Crippen molar-refractivity contribution in [3.8, 4) is 0 Å². The molecule has 0 bridgehead atoms. The summed E-state index contributed by atoms with van der Waals surface area (Å²) >= 11 is 0. The number of aromatic nitrogens is 2. The first-order valence-electron chi connectivity index (χ1n) is 6.46. The maximum atomic E-state index is 12.2. The number of pyridine rings is 1. The van der Waals surface area contributed by atoms with Gasteiger partial charge in [-0.15, -0.1) is 0 Å². The molecule has 2 aromatic rings. The first-order chi connectivity index (χ1) is 9.17. The molecule has 5 heteroatoms. The van der Waals surface area contributed by atoms with E-state index in [-0.39, 0.29) is 5.91 Å². The van der Waals surface area contributed by atoms with E-state index in [0.29, 0.717) is 11.4 Å². The maximum Gasteiger partial charge on any atom is 0.290 e. The maximum absolute atomic E-state index is 12.2. The van der Waals surface area contributed by atoms with Crippen LogP contribution in [0, 0.1) is 6.92 Å². The molecule has 5 nitrogen and oxygen atoms in total. The zero-order valence-electron chi connectivity index (χ0n) is 11.5. The molecule has 0 unspecified atom stereocenters. The van der Waals surface area contributed by atoms with Gasteiger partial charge in [-0.3, -0.25) is 9.20 Å². The average molecular weight is 258 g/mol. The molecule has 2 aromatic heterocycles. The van der Waals surface area contributed by atoms with Crippen molar-refractivity contribution in [3.05, 3.63) is 35.8 Å². The molecule has 0 spiro atoms. The van der Waals surface area contributed by atoms with Crippen LogP contribution in [0.4, 0.5) is 0 Å². The zero-order chi connectivity index (χ0) is 13.8. The number of nitrogens with zero attached hydrogens (tertiary/aromatic N) is 3. The molecule has 0 fully saturated rings. The van der Waals surface area contributed by atoms with Crippen molar-refractivity contribution < 1.29 is 4.79 Å². The van der Waals surface area contributed by atoms with Gasteiger partial charge in [-0.1, -0.05) is 19.9 Å². The molecule has 2 heterocycles. The molecule has 0 aliphatic carbocycles. The minimum absolute atomic E-state index is 0.226. The number of aryl methyl sites for hydroxylation is 1. The van der Waals surface area contributed by atoms with Crippen LogP contribution in [0.5, 0.6) is 0 Å². The molecule has 0 aliphatic heterocycles. The van der Waals surface area contributed by atoms with Crippen LogP contribution in [-0.4, -0.2) is 21.0 Å². The fourth-order valence-electron chi connectivity index (χ4n) is 1.98. The van der Waals surface area contributed by atoms with Gasteiger partial charge in [0.2, 0.25) is 0 Å². The van der Waals surface area contributed by atoms with Crippen LogP contribution >= 0.6 is 0 Å². The van der Waals surface area contributed by atoms with E-state index < -0.39 is 0 Å². The summed E-state index contributed by atoms with van der Waals surface area (Å²) in [6.45, 7) is 5.87. The molecular weight excluding hydrogens is 240 g/mol. The number of nitrogens with one attached hydrogen (secondary N) is 1. The Bertz CT molecular complexity index is 621. The smallest absolute Gasteiger partial charge is 0.290 e. The number of carbonyl (C=O) groups is 1. The highest BCUT2D eigenvalue weighted by atomic mass is 16.2. The van der Waals surface area contributed by atoms with Crippen molar-refractivity contribution in [3.63, 3.8) is 0 Å². The molecule has 19 heavy (non-hydrogen) atoms. The van der Waals surface area contributed by atoms with E-state index in [1.54, 1.807) is 4.40 Å².